The van der Waals surface area contributed by atoms with E-state index in [1.54, 1.807) is 0 Å². The predicted molar refractivity (Wildman–Crippen MR) is 46.5 cm³/mol. The first-order valence-electron chi connectivity index (χ1n) is 4.43. The van der Waals surface area contributed by atoms with Gasteiger partial charge in [0, 0.05) is 6.61 Å². The maximum atomic E-state index is 9.49. The minimum Gasteiger partial charge on any atom is -0.390 e. The average Bonchev–Trinajstić information content (AvgIpc) is 1.98. The highest BCUT2D eigenvalue weighted by atomic mass is 16.5. The average molecular weight is 160 g/mol. The Kier molecular flexibility index (Phi) is 5.51. The molecule has 0 spiro atoms. The molecule has 68 valence electrons. The van der Waals surface area contributed by atoms with Crippen LogP contribution in [0.1, 0.15) is 34.1 Å². The second kappa shape index (κ2) is 5.56. The summed E-state index contributed by atoms with van der Waals surface area (Å²) in [4.78, 5) is 0. The zero-order valence-corrected chi connectivity index (χ0v) is 8.00. The van der Waals surface area contributed by atoms with Gasteiger partial charge in [0.15, 0.2) is 0 Å². The molecule has 0 rings (SSSR count). The third-order valence-corrected chi connectivity index (χ3v) is 1.81. The third kappa shape index (κ3) is 3.73. The second-order valence-corrected chi connectivity index (χ2v) is 3.14. The molecule has 2 heteroatoms. The standard InChI is InChI=1S/C9H20O2/c1-5-8(10)9(7(3)4)11-6-2/h7-10H,5-6H2,1-4H3. The Balaban J connectivity index is 3.87. The van der Waals surface area contributed by atoms with Crippen LogP contribution >= 0.6 is 0 Å². The molecule has 0 aliphatic carbocycles. The zero-order chi connectivity index (χ0) is 8.85. The van der Waals surface area contributed by atoms with Gasteiger partial charge in [-0.25, -0.2) is 0 Å². The third-order valence-electron chi connectivity index (χ3n) is 1.81. The predicted octanol–water partition coefficient (Wildman–Crippen LogP) is 1.82. The molecule has 0 heterocycles. The van der Waals surface area contributed by atoms with Gasteiger partial charge in [-0.3, -0.25) is 0 Å². The van der Waals surface area contributed by atoms with E-state index in [1.807, 2.05) is 13.8 Å². The van der Waals surface area contributed by atoms with Crippen molar-refractivity contribution in [2.45, 2.75) is 46.3 Å². The van der Waals surface area contributed by atoms with Gasteiger partial charge in [-0.15, -0.1) is 0 Å². The molecule has 0 aromatic rings. The van der Waals surface area contributed by atoms with Crippen molar-refractivity contribution >= 4 is 0 Å². The minimum atomic E-state index is -0.310. The fraction of sp³-hybridized carbons (Fsp3) is 1.00. The van der Waals surface area contributed by atoms with E-state index in [-0.39, 0.29) is 12.2 Å². The second-order valence-electron chi connectivity index (χ2n) is 3.14. The molecule has 0 bridgehead atoms. The fourth-order valence-electron chi connectivity index (χ4n) is 1.17. The normalized spacial score (nSPS) is 16.9. The molecule has 0 aliphatic heterocycles. The number of aliphatic hydroxyl groups excluding tert-OH is 1. The highest BCUT2D eigenvalue weighted by Gasteiger charge is 2.20. The van der Waals surface area contributed by atoms with Crippen LogP contribution in [0.2, 0.25) is 0 Å². The van der Waals surface area contributed by atoms with Crippen molar-refractivity contribution in [3.63, 3.8) is 0 Å². The SMILES string of the molecule is CCOC(C(C)C)C(O)CC. The molecule has 0 saturated carbocycles. The van der Waals surface area contributed by atoms with Crippen molar-refractivity contribution in [3.05, 3.63) is 0 Å². The molecule has 0 aliphatic rings. The molecule has 0 fully saturated rings. The summed E-state index contributed by atoms with van der Waals surface area (Å²) >= 11 is 0. The molecule has 11 heavy (non-hydrogen) atoms. The van der Waals surface area contributed by atoms with Crippen LogP contribution in [0.25, 0.3) is 0 Å². The van der Waals surface area contributed by atoms with Crippen LogP contribution in [-0.2, 0) is 4.74 Å². The van der Waals surface area contributed by atoms with Gasteiger partial charge < -0.3 is 9.84 Å². The summed E-state index contributed by atoms with van der Waals surface area (Å²) in [5.74, 6) is 0.393. The molecular formula is C9H20O2. The molecule has 0 saturated heterocycles. The molecule has 2 unspecified atom stereocenters. The van der Waals surface area contributed by atoms with E-state index in [2.05, 4.69) is 13.8 Å². The van der Waals surface area contributed by atoms with Crippen molar-refractivity contribution in [1.82, 2.24) is 0 Å². The van der Waals surface area contributed by atoms with Gasteiger partial charge in [-0.05, 0) is 19.3 Å². The first kappa shape index (κ1) is 10.9. The molecule has 0 aromatic carbocycles. The summed E-state index contributed by atoms with van der Waals surface area (Å²) < 4.78 is 5.41. The van der Waals surface area contributed by atoms with Crippen LogP contribution < -0.4 is 0 Å². The Morgan fingerprint density at radius 1 is 1.27 bits per heavy atom. The highest BCUT2D eigenvalue weighted by Crippen LogP contribution is 2.13. The fourth-order valence-corrected chi connectivity index (χ4v) is 1.17. The first-order valence-corrected chi connectivity index (χ1v) is 4.43. The zero-order valence-electron chi connectivity index (χ0n) is 8.00. The van der Waals surface area contributed by atoms with Gasteiger partial charge in [0.25, 0.3) is 0 Å². The number of hydrogen-bond acceptors (Lipinski definition) is 2. The lowest BCUT2D eigenvalue weighted by Crippen LogP contribution is -2.33. The van der Waals surface area contributed by atoms with Crippen LogP contribution in [0.5, 0.6) is 0 Å². The summed E-state index contributed by atoms with van der Waals surface area (Å²) in [6.45, 7) is 8.75. The quantitative estimate of drug-likeness (QED) is 0.664. The van der Waals surface area contributed by atoms with Gasteiger partial charge in [0.1, 0.15) is 0 Å². The van der Waals surface area contributed by atoms with Gasteiger partial charge >= 0.3 is 0 Å². The number of ether oxygens (including phenoxy) is 1. The van der Waals surface area contributed by atoms with Gasteiger partial charge in [-0.2, -0.15) is 0 Å². The summed E-state index contributed by atoms with van der Waals surface area (Å²) in [5.41, 5.74) is 0. The molecule has 1 N–H and O–H groups in total. The van der Waals surface area contributed by atoms with Crippen molar-refractivity contribution in [2.75, 3.05) is 6.61 Å². The maximum absolute atomic E-state index is 9.49. The summed E-state index contributed by atoms with van der Waals surface area (Å²) in [6.07, 6.45) is 0.461. The van der Waals surface area contributed by atoms with Crippen LogP contribution in [0.15, 0.2) is 0 Å². The van der Waals surface area contributed by atoms with Crippen LogP contribution in [0.4, 0.5) is 0 Å². The van der Waals surface area contributed by atoms with E-state index < -0.39 is 0 Å². The van der Waals surface area contributed by atoms with Gasteiger partial charge in [0.05, 0.1) is 12.2 Å². The largest absolute Gasteiger partial charge is 0.390 e. The molecule has 0 radical (unpaired) electrons. The van der Waals surface area contributed by atoms with Crippen molar-refractivity contribution in [2.24, 2.45) is 5.92 Å². The van der Waals surface area contributed by atoms with Crippen molar-refractivity contribution < 1.29 is 9.84 Å². The number of aliphatic hydroxyl groups is 1. The lowest BCUT2D eigenvalue weighted by Gasteiger charge is -2.25. The molecular weight excluding hydrogens is 140 g/mol. The van der Waals surface area contributed by atoms with E-state index in [4.69, 9.17) is 4.74 Å². The van der Waals surface area contributed by atoms with Crippen LogP contribution in [0.3, 0.4) is 0 Å². The van der Waals surface area contributed by atoms with E-state index in [1.165, 1.54) is 0 Å². The van der Waals surface area contributed by atoms with Crippen molar-refractivity contribution in [1.29, 1.82) is 0 Å². The Morgan fingerprint density at radius 3 is 2.09 bits per heavy atom. The smallest absolute Gasteiger partial charge is 0.0856 e. The molecule has 2 nitrogen and oxygen atoms in total. The molecule has 0 aromatic heterocycles. The van der Waals surface area contributed by atoms with Crippen LogP contribution in [-0.4, -0.2) is 23.9 Å². The van der Waals surface area contributed by atoms with Crippen molar-refractivity contribution in [3.8, 4) is 0 Å². The number of hydrogen-bond donors (Lipinski definition) is 1. The highest BCUT2D eigenvalue weighted by molar-refractivity contribution is 4.70. The Morgan fingerprint density at radius 2 is 1.82 bits per heavy atom. The monoisotopic (exact) mass is 160 g/mol. The van der Waals surface area contributed by atoms with Gasteiger partial charge in [-0.1, -0.05) is 20.8 Å². The Bertz CT molecular complexity index is 91.6. The van der Waals surface area contributed by atoms with E-state index in [9.17, 15) is 5.11 Å². The topological polar surface area (TPSA) is 29.5 Å². The summed E-state index contributed by atoms with van der Waals surface area (Å²) in [6, 6.07) is 0. The Labute approximate surface area is 69.6 Å². The molecule has 2 atom stereocenters. The lowest BCUT2D eigenvalue weighted by atomic mass is 10.00. The summed E-state index contributed by atoms with van der Waals surface area (Å²) in [7, 11) is 0. The van der Waals surface area contributed by atoms with Crippen LogP contribution in [0, 0.1) is 5.92 Å². The van der Waals surface area contributed by atoms with Gasteiger partial charge in [0.2, 0.25) is 0 Å². The molecule has 0 amide bonds. The van der Waals surface area contributed by atoms with E-state index >= 15 is 0 Å². The first-order chi connectivity index (χ1) is 5.13. The summed E-state index contributed by atoms with van der Waals surface area (Å²) in [5, 5.41) is 9.49. The minimum absolute atomic E-state index is 0.00463. The van der Waals surface area contributed by atoms with E-state index in [0.29, 0.717) is 12.5 Å². The van der Waals surface area contributed by atoms with E-state index in [0.717, 1.165) is 6.42 Å². The maximum Gasteiger partial charge on any atom is 0.0856 e. The number of rotatable bonds is 5. The Hall–Kier alpha value is -0.0800. The lowest BCUT2D eigenvalue weighted by molar-refractivity contribution is -0.0577.